The van der Waals surface area contributed by atoms with Crippen LogP contribution >= 0.6 is 11.6 Å². The van der Waals surface area contributed by atoms with Crippen LogP contribution in [0.25, 0.3) is 5.78 Å². The number of fused-ring (bicyclic) bond motifs is 1. The highest BCUT2D eigenvalue weighted by Gasteiger charge is 2.39. The molecule has 0 saturated heterocycles. The van der Waals surface area contributed by atoms with Gasteiger partial charge in [-0.25, -0.2) is 4.98 Å². The summed E-state index contributed by atoms with van der Waals surface area (Å²) in [6.07, 6.45) is 4.34. The van der Waals surface area contributed by atoms with Gasteiger partial charge in [0.1, 0.15) is 5.82 Å². The fourth-order valence-electron chi connectivity index (χ4n) is 3.93. The molecule has 4 aromatic heterocycles. The molecule has 0 aliphatic heterocycles. The molecule has 0 fully saturated rings. The van der Waals surface area contributed by atoms with Gasteiger partial charge in [0.15, 0.2) is 18.6 Å². The summed E-state index contributed by atoms with van der Waals surface area (Å²) in [6, 6.07) is 14.1. The minimum atomic E-state index is -3.45. The molecule has 0 unspecified atom stereocenters. The largest absolute Gasteiger partial charge is 0.619 e. The molecule has 1 aromatic carbocycles. The second-order valence-corrected chi connectivity index (χ2v) is 9.01. The smallest absolute Gasteiger partial charge is 0.347 e. The van der Waals surface area contributed by atoms with Crippen molar-refractivity contribution in [2.45, 2.75) is 19.3 Å². The summed E-state index contributed by atoms with van der Waals surface area (Å²) in [6.45, 7) is 0.848. The first-order valence-corrected chi connectivity index (χ1v) is 11.8. The third-order valence-electron chi connectivity index (χ3n) is 5.68. The Bertz CT molecular complexity index is 1630. The molecular weight excluding hydrogens is 518 g/mol. The van der Waals surface area contributed by atoms with Crippen LogP contribution in [0.4, 0.5) is 26.2 Å². The molecule has 0 radical (unpaired) electrons. The van der Waals surface area contributed by atoms with Gasteiger partial charge < -0.3 is 21.0 Å². The van der Waals surface area contributed by atoms with Crippen LogP contribution in [0.15, 0.2) is 73.2 Å². The molecular formula is C25H21ClF2N8O2. The Morgan fingerprint density at radius 3 is 2.68 bits per heavy atom. The van der Waals surface area contributed by atoms with Crippen LogP contribution in [0.3, 0.4) is 0 Å². The van der Waals surface area contributed by atoms with E-state index in [2.05, 4.69) is 25.7 Å². The quantitative estimate of drug-likeness (QED) is 0.227. The van der Waals surface area contributed by atoms with E-state index in [1.54, 1.807) is 31.2 Å². The first-order chi connectivity index (χ1) is 18.2. The van der Waals surface area contributed by atoms with Gasteiger partial charge in [-0.15, -0.1) is 5.10 Å². The summed E-state index contributed by atoms with van der Waals surface area (Å²) >= 11 is 6.22. The first-order valence-electron chi connectivity index (χ1n) is 11.5. The molecule has 0 aliphatic rings. The standard InChI is InChI=1S/C25H21ClF2N8O2/c1-16-11-22(29-15-25(27,28)21-6-2-3-10-35(21)38)36-24(30-16)32-23(33-36)31-20-13-19(26)8-7-18(20)12-17-5-4-9-34(37)14-17/h2-11,13-14,29H,12,15H2,1H3,(H,31,33). The van der Waals surface area contributed by atoms with E-state index >= 15 is 0 Å². The van der Waals surface area contributed by atoms with E-state index in [0.717, 1.165) is 28.1 Å². The number of nitrogens with zero attached hydrogens (tertiary/aromatic N) is 6. The maximum atomic E-state index is 14.8. The van der Waals surface area contributed by atoms with Gasteiger partial charge in [-0.05, 0) is 36.8 Å². The summed E-state index contributed by atoms with van der Waals surface area (Å²) in [5, 5.41) is 34.2. The van der Waals surface area contributed by atoms with Crippen LogP contribution in [0.1, 0.15) is 22.5 Å². The van der Waals surface area contributed by atoms with Gasteiger partial charge in [0.05, 0.1) is 6.54 Å². The molecule has 0 spiro atoms. The SMILES string of the molecule is Cc1cc(NCC(F)(F)c2cccc[n+]2[O-])n2nc(Nc3cc(Cl)ccc3Cc3ccc[n+]([O-])c3)nc2n1. The first kappa shape index (κ1) is 25.1. The predicted octanol–water partition coefficient (Wildman–Crippen LogP) is 3.89. The molecule has 0 bridgehead atoms. The summed E-state index contributed by atoms with van der Waals surface area (Å²) < 4.78 is 31.7. The van der Waals surface area contributed by atoms with Gasteiger partial charge in [0.25, 0.3) is 11.5 Å². The molecule has 0 atom stereocenters. The lowest BCUT2D eigenvalue weighted by atomic mass is 10.0. The number of aromatic nitrogens is 6. The Morgan fingerprint density at radius 2 is 1.89 bits per heavy atom. The predicted molar refractivity (Wildman–Crippen MR) is 136 cm³/mol. The summed E-state index contributed by atoms with van der Waals surface area (Å²) in [5.41, 5.74) is 2.08. The highest BCUT2D eigenvalue weighted by atomic mass is 35.5. The number of alkyl halides is 2. The number of nitrogens with one attached hydrogen (secondary N) is 2. The lowest BCUT2D eigenvalue weighted by Gasteiger charge is -2.17. The average Bonchev–Trinajstić information content (AvgIpc) is 3.26. The lowest BCUT2D eigenvalue weighted by Crippen LogP contribution is -2.41. The van der Waals surface area contributed by atoms with Crippen LogP contribution in [0.2, 0.25) is 5.02 Å². The van der Waals surface area contributed by atoms with Gasteiger partial charge in [0, 0.05) is 52.7 Å². The van der Waals surface area contributed by atoms with Crippen molar-refractivity contribution in [2.75, 3.05) is 17.2 Å². The van der Waals surface area contributed by atoms with Crippen molar-refractivity contribution < 1.29 is 18.2 Å². The van der Waals surface area contributed by atoms with Crippen molar-refractivity contribution in [3.05, 3.63) is 111 Å². The molecule has 0 saturated carbocycles. The van der Waals surface area contributed by atoms with E-state index in [1.165, 1.54) is 29.0 Å². The molecule has 0 aliphatic carbocycles. The van der Waals surface area contributed by atoms with Gasteiger partial charge in [-0.1, -0.05) is 17.7 Å². The van der Waals surface area contributed by atoms with Crippen LogP contribution in [0, 0.1) is 17.3 Å². The monoisotopic (exact) mass is 538 g/mol. The molecule has 13 heteroatoms. The summed E-state index contributed by atoms with van der Waals surface area (Å²) in [5.74, 6) is -2.90. The van der Waals surface area contributed by atoms with E-state index in [0.29, 0.717) is 22.8 Å². The number of benzene rings is 1. The lowest BCUT2D eigenvalue weighted by molar-refractivity contribution is -0.624. The van der Waals surface area contributed by atoms with Crippen LogP contribution < -0.4 is 20.1 Å². The van der Waals surface area contributed by atoms with Crippen LogP contribution in [0.5, 0.6) is 0 Å². The zero-order chi connectivity index (χ0) is 26.9. The van der Waals surface area contributed by atoms with Gasteiger partial charge in [-0.2, -0.15) is 27.7 Å². The minimum Gasteiger partial charge on any atom is -0.619 e. The topological polar surface area (TPSA) is 121 Å². The molecule has 2 N–H and O–H groups in total. The minimum absolute atomic E-state index is 0.140. The third-order valence-corrected chi connectivity index (χ3v) is 5.91. The maximum Gasteiger partial charge on any atom is 0.347 e. The van der Waals surface area contributed by atoms with Gasteiger partial charge in [-0.3, -0.25) is 0 Å². The summed E-state index contributed by atoms with van der Waals surface area (Å²) in [4.78, 5) is 8.73. The normalized spacial score (nSPS) is 11.6. The maximum absolute atomic E-state index is 14.8. The average molecular weight is 539 g/mol. The fraction of sp³-hybridized carbons (Fsp3) is 0.160. The Balaban J connectivity index is 1.42. The Labute approximate surface area is 220 Å². The van der Waals surface area contributed by atoms with Crippen molar-refractivity contribution in [3.63, 3.8) is 0 Å². The Hall–Kier alpha value is -4.58. The number of pyridine rings is 2. The van der Waals surface area contributed by atoms with Crippen molar-refractivity contribution in [1.29, 1.82) is 0 Å². The highest BCUT2D eigenvalue weighted by Crippen LogP contribution is 2.28. The molecule has 5 aromatic rings. The van der Waals surface area contributed by atoms with E-state index in [1.807, 2.05) is 12.1 Å². The van der Waals surface area contributed by atoms with E-state index in [-0.39, 0.29) is 22.3 Å². The molecule has 10 nitrogen and oxygen atoms in total. The number of halogens is 3. The molecule has 38 heavy (non-hydrogen) atoms. The van der Waals surface area contributed by atoms with E-state index in [4.69, 9.17) is 11.6 Å². The number of hydrogen-bond donors (Lipinski definition) is 2. The van der Waals surface area contributed by atoms with Gasteiger partial charge in [0.2, 0.25) is 5.95 Å². The zero-order valence-electron chi connectivity index (χ0n) is 20.0. The van der Waals surface area contributed by atoms with E-state index in [9.17, 15) is 19.2 Å². The van der Waals surface area contributed by atoms with Crippen LogP contribution in [-0.4, -0.2) is 26.1 Å². The number of rotatable bonds is 8. The molecule has 5 rings (SSSR count). The summed E-state index contributed by atoms with van der Waals surface area (Å²) in [7, 11) is 0. The Kier molecular flexibility index (Phi) is 6.64. The van der Waals surface area contributed by atoms with Crippen molar-refractivity contribution in [1.82, 2.24) is 19.6 Å². The Morgan fingerprint density at radius 1 is 1.05 bits per heavy atom. The van der Waals surface area contributed by atoms with Crippen molar-refractivity contribution in [3.8, 4) is 0 Å². The van der Waals surface area contributed by atoms with Crippen molar-refractivity contribution in [2.24, 2.45) is 0 Å². The second-order valence-electron chi connectivity index (χ2n) is 8.57. The zero-order valence-corrected chi connectivity index (χ0v) is 20.7. The highest BCUT2D eigenvalue weighted by molar-refractivity contribution is 6.30. The molecule has 4 heterocycles. The number of aryl methyl sites for hydroxylation is 1. The van der Waals surface area contributed by atoms with Crippen molar-refractivity contribution >= 4 is 34.8 Å². The van der Waals surface area contributed by atoms with E-state index < -0.39 is 18.2 Å². The number of hydrogen-bond acceptors (Lipinski definition) is 7. The molecule has 194 valence electrons. The van der Waals surface area contributed by atoms with Crippen LogP contribution in [-0.2, 0) is 12.3 Å². The molecule has 0 amide bonds. The fourth-order valence-corrected chi connectivity index (χ4v) is 4.11. The third kappa shape index (κ3) is 5.39. The van der Waals surface area contributed by atoms with Gasteiger partial charge >= 0.3 is 5.92 Å². The second kappa shape index (κ2) is 10.1. The number of anilines is 3.